The van der Waals surface area contributed by atoms with Crippen LogP contribution in [0.25, 0.3) is 0 Å². The topological polar surface area (TPSA) is 48.4 Å². The van der Waals surface area contributed by atoms with Crippen molar-refractivity contribution in [1.82, 2.24) is 4.98 Å². The van der Waals surface area contributed by atoms with Crippen LogP contribution in [-0.2, 0) is 20.7 Å². The third-order valence-electron chi connectivity index (χ3n) is 3.96. The van der Waals surface area contributed by atoms with Crippen LogP contribution in [0.4, 0.5) is 0 Å². The molecule has 1 heterocycles. The van der Waals surface area contributed by atoms with Crippen molar-refractivity contribution in [1.29, 1.82) is 0 Å². The highest BCUT2D eigenvalue weighted by molar-refractivity contribution is 7.09. The Morgan fingerprint density at radius 2 is 2.15 bits per heavy atom. The second-order valence-electron chi connectivity index (χ2n) is 5.31. The largest absolute Gasteiger partial charge is 0.469 e. The molecule has 1 unspecified atom stereocenters. The van der Waals surface area contributed by atoms with E-state index in [1.165, 1.54) is 39.2 Å². The Morgan fingerprint density at radius 1 is 1.40 bits per heavy atom. The number of hydrogen-bond acceptors (Lipinski definition) is 5. The second kappa shape index (κ2) is 7.74. The van der Waals surface area contributed by atoms with Gasteiger partial charge in [0.25, 0.3) is 0 Å². The maximum atomic E-state index is 11.2. The van der Waals surface area contributed by atoms with Crippen molar-refractivity contribution in [3.05, 3.63) is 16.1 Å². The molecule has 1 saturated carbocycles. The van der Waals surface area contributed by atoms with Gasteiger partial charge in [-0.25, -0.2) is 4.98 Å². The van der Waals surface area contributed by atoms with Crippen LogP contribution in [0.1, 0.15) is 55.3 Å². The second-order valence-corrected chi connectivity index (χ2v) is 6.20. The number of carbonyl (C=O) groups excluding carboxylic acids is 1. The van der Waals surface area contributed by atoms with Crippen LogP contribution >= 0.6 is 11.3 Å². The maximum Gasteiger partial charge on any atom is 0.305 e. The number of esters is 1. The fraction of sp³-hybridized carbons (Fsp3) is 0.733. The lowest BCUT2D eigenvalue weighted by atomic mass is 9.85. The van der Waals surface area contributed by atoms with Gasteiger partial charge >= 0.3 is 5.97 Å². The molecule has 1 aliphatic carbocycles. The Labute approximate surface area is 124 Å². The Hall–Kier alpha value is -0.940. The molecule has 0 saturated heterocycles. The highest BCUT2D eigenvalue weighted by Gasteiger charge is 2.27. The van der Waals surface area contributed by atoms with Crippen LogP contribution in [0, 0.1) is 5.92 Å². The summed E-state index contributed by atoms with van der Waals surface area (Å²) >= 11 is 1.65. The number of rotatable bonds is 6. The number of nitrogens with zero attached hydrogens (tertiary/aromatic N) is 1. The summed E-state index contributed by atoms with van der Waals surface area (Å²) in [6.07, 6.45) is 7.55. The SMILES string of the molecule is COC(=O)CCc1csc(C(OC)C2CCCCC2)n1. The van der Waals surface area contributed by atoms with Gasteiger partial charge in [-0.1, -0.05) is 19.3 Å². The van der Waals surface area contributed by atoms with Crippen LogP contribution < -0.4 is 0 Å². The zero-order valence-electron chi connectivity index (χ0n) is 12.3. The van der Waals surface area contributed by atoms with Gasteiger partial charge in [-0.3, -0.25) is 4.79 Å². The van der Waals surface area contributed by atoms with Gasteiger partial charge in [0.1, 0.15) is 11.1 Å². The lowest BCUT2D eigenvalue weighted by Crippen LogP contribution is -2.18. The van der Waals surface area contributed by atoms with Crippen LogP contribution in [0.3, 0.4) is 0 Å². The molecule has 0 N–H and O–H groups in total. The van der Waals surface area contributed by atoms with Crippen LogP contribution in [0.5, 0.6) is 0 Å². The van der Waals surface area contributed by atoms with Crippen molar-refractivity contribution < 1.29 is 14.3 Å². The number of methoxy groups -OCH3 is 2. The Kier molecular flexibility index (Phi) is 5.98. The zero-order chi connectivity index (χ0) is 14.4. The van der Waals surface area contributed by atoms with Crippen molar-refractivity contribution in [2.75, 3.05) is 14.2 Å². The van der Waals surface area contributed by atoms with E-state index < -0.39 is 0 Å². The van der Waals surface area contributed by atoms with Crippen molar-refractivity contribution in [2.24, 2.45) is 5.92 Å². The molecule has 20 heavy (non-hydrogen) atoms. The number of aryl methyl sites for hydroxylation is 1. The molecule has 0 aromatic carbocycles. The first kappa shape index (κ1) is 15.4. The normalized spacial score (nSPS) is 17.9. The highest BCUT2D eigenvalue weighted by Crippen LogP contribution is 2.37. The first-order chi connectivity index (χ1) is 9.74. The molecule has 1 aliphatic rings. The van der Waals surface area contributed by atoms with E-state index in [9.17, 15) is 4.79 Å². The molecule has 0 spiro atoms. The summed E-state index contributed by atoms with van der Waals surface area (Å²) in [5, 5.41) is 3.09. The average molecular weight is 297 g/mol. The zero-order valence-corrected chi connectivity index (χ0v) is 13.1. The predicted molar refractivity (Wildman–Crippen MR) is 78.8 cm³/mol. The minimum atomic E-state index is -0.185. The molecule has 0 radical (unpaired) electrons. The van der Waals surface area contributed by atoms with Crippen LogP contribution in [-0.4, -0.2) is 25.2 Å². The summed E-state index contributed by atoms with van der Waals surface area (Å²) in [6.45, 7) is 0. The van der Waals surface area contributed by atoms with Gasteiger partial charge in [0.05, 0.1) is 19.2 Å². The van der Waals surface area contributed by atoms with Gasteiger partial charge < -0.3 is 9.47 Å². The molecule has 2 rings (SSSR count). The van der Waals surface area contributed by atoms with Crippen molar-refractivity contribution in [3.63, 3.8) is 0 Å². The van der Waals surface area contributed by atoms with E-state index in [1.54, 1.807) is 18.4 Å². The summed E-state index contributed by atoms with van der Waals surface area (Å²) in [7, 11) is 3.19. The van der Waals surface area contributed by atoms with E-state index in [2.05, 4.69) is 9.72 Å². The third-order valence-corrected chi connectivity index (χ3v) is 4.91. The Morgan fingerprint density at radius 3 is 2.80 bits per heavy atom. The van der Waals surface area contributed by atoms with Crippen molar-refractivity contribution in [2.45, 2.75) is 51.0 Å². The summed E-state index contributed by atoms with van der Waals surface area (Å²) in [6, 6.07) is 0. The quantitative estimate of drug-likeness (QED) is 0.754. The lowest BCUT2D eigenvalue weighted by Gasteiger charge is -2.27. The van der Waals surface area contributed by atoms with E-state index in [0.717, 1.165) is 10.7 Å². The van der Waals surface area contributed by atoms with E-state index >= 15 is 0 Å². The molecular weight excluding hydrogens is 274 g/mol. The van der Waals surface area contributed by atoms with Crippen molar-refractivity contribution in [3.8, 4) is 0 Å². The maximum absolute atomic E-state index is 11.2. The molecule has 1 aromatic heterocycles. The van der Waals surface area contributed by atoms with E-state index in [-0.39, 0.29) is 12.1 Å². The minimum Gasteiger partial charge on any atom is -0.469 e. The Bertz CT molecular complexity index is 427. The smallest absolute Gasteiger partial charge is 0.305 e. The lowest BCUT2D eigenvalue weighted by molar-refractivity contribution is -0.140. The summed E-state index contributed by atoms with van der Waals surface area (Å²) < 4.78 is 10.3. The first-order valence-corrected chi connectivity index (χ1v) is 8.16. The highest BCUT2D eigenvalue weighted by atomic mass is 32.1. The fourth-order valence-corrected chi connectivity index (χ4v) is 3.85. The molecule has 0 aliphatic heterocycles. The number of carbonyl (C=O) groups is 1. The molecule has 4 nitrogen and oxygen atoms in total. The predicted octanol–water partition coefficient (Wildman–Crippen LogP) is 3.52. The van der Waals surface area contributed by atoms with Gasteiger partial charge in [0.2, 0.25) is 0 Å². The van der Waals surface area contributed by atoms with Gasteiger partial charge in [-0.15, -0.1) is 11.3 Å². The molecule has 1 fully saturated rings. The standard InChI is InChI=1S/C15H23NO3S/c1-18-13(17)9-8-12-10-20-15(16-12)14(19-2)11-6-4-3-5-7-11/h10-11,14H,3-9H2,1-2H3. The number of thiazole rings is 1. The average Bonchev–Trinajstić information content (AvgIpc) is 2.95. The van der Waals surface area contributed by atoms with Gasteiger partial charge in [-0.2, -0.15) is 0 Å². The monoisotopic (exact) mass is 297 g/mol. The molecular formula is C15H23NO3S. The summed E-state index contributed by atoms with van der Waals surface area (Å²) in [5.41, 5.74) is 0.966. The van der Waals surface area contributed by atoms with E-state index in [1.807, 2.05) is 5.38 Å². The summed E-state index contributed by atoms with van der Waals surface area (Å²) in [5.74, 6) is 0.406. The Balaban J connectivity index is 1.96. The number of aromatic nitrogens is 1. The molecule has 0 bridgehead atoms. The van der Waals surface area contributed by atoms with E-state index in [4.69, 9.17) is 4.74 Å². The van der Waals surface area contributed by atoms with Gasteiger partial charge in [0.15, 0.2) is 0 Å². The third kappa shape index (κ3) is 4.03. The molecule has 112 valence electrons. The minimum absolute atomic E-state index is 0.118. The van der Waals surface area contributed by atoms with E-state index in [0.29, 0.717) is 18.8 Å². The fourth-order valence-electron chi connectivity index (χ4n) is 2.83. The molecule has 5 heteroatoms. The number of hydrogen-bond donors (Lipinski definition) is 0. The molecule has 1 atom stereocenters. The molecule has 1 aromatic rings. The van der Waals surface area contributed by atoms with Crippen LogP contribution in [0.15, 0.2) is 5.38 Å². The van der Waals surface area contributed by atoms with Gasteiger partial charge in [0, 0.05) is 18.9 Å². The van der Waals surface area contributed by atoms with Crippen LogP contribution in [0.2, 0.25) is 0 Å². The van der Waals surface area contributed by atoms with Gasteiger partial charge in [-0.05, 0) is 18.8 Å². The van der Waals surface area contributed by atoms with Crippen molar-refractivity contribution >= 4 is 17.3 Å². The molecule has 0 amide bonds. The first-order valence-electron chi connectivity index (χ1n) is 7.28. The number of ether oxygens (including phenoxy) is 2. The summed E-state index contributed by atoms with van der Waals surface area (Å²) in [4.78, 5) is 15.8.